The molecule has 0 atom stereocenters. The maximum Gasteiger partial charge on any atom is 0.227 e. The Labute approximate surface area is 150 Å². The predicted octanol–water partition coefficient (Wildman–Crippen LogP) is 3.15. The van der Waals surface area contributed by atoms with Gasteiger partial charge in [0.2, 0.25) is 5.95 Å². The van der Waals surface area contributed by atoms with E-state index in [4.69, 9.17) is 9.97 Å². The quantitative estimate of drug-likeness (QED) is 0.858. The minimum Gasteiger partial charge on any atom is -0.356 e. The SMILES string of the molecule is CCN1CCN(c2nc(N3CCCCCC3)c3ccccc3n2)CC1. The minimum atomic E-state index is 0.911. The summed E-state index contributed by atoms with van der Waals surface area (Å²) in [7, 11) is 0. The van der Waals surface area contributed by atoms with Gasteiger partial charge < -0.3 is 14.7 Å². The lowest BCUT2D eigenvalue weighted by Crippen LogP contribution is -2.46. The molecule has 5 nitrogen and oxygen atoms in total. The van der Waals surface area contributed by atoms with E-state index in [0.29, 0.717) is 0 Å². The number of nitrogens with zero attached hydrogens (tertiary/aromatic N) is 5. The van der Waals surface area contributed by atoms with Crippen LogP contribution in [-0.4, -0.2) is 60.7 Å². The zero-order valence-corrected chi connectivity index (χ0v) is 15.3. The fourth-order valence-electron chi connectivity index (χ4n) is 3.98. The van der Waals surface area contributed by atoms with Crippen molar-refractivity contribution in [3.05, 3.63) is 24.3 Å². The maximum atomic E-state index is 5.06. The number of rotatable bonds is 3. The van der Waals surface area contributed by atoms with Crippen LogP contribution in [0.25, 0.3) is 10.9 Å². The van der Waals surface area contributed by atoms with Crippen LogP contribution in [0, 0.1) is 0 Å². The average molecular weight is 339 g/mol. The van der Waals surface area contributed by atoms with E-state index in [1.54, 1.807) is 0 Å². The highest BCUT2D eigenvalue weighted by Crippen LogP contribution is 2.28. The summed E-state index contributed by atoms with van der Waals surface area (Å²) < 4.78 is 0. The Morgan fingerprint density at radius 1 is 0.800 bits per heavy atom. The van der Waals surface area contributed by atoms with Gasteiger partial charge in [-0.1, -0.05) is 31.9 Å². The van der Waals surface area contributed by atoms with Gasteiger partial charge in [0.05, 0.1) is 5.52 Å². The molecule has 1 aromatic heterocycles. The molecule has 2 aromatic rings. The van der Waals surface area contributed by atoms with E-state index in [1.165, 1.54) is 31.1 Å². The normalized spacial score (nSPS) is 20.0. The van der Waals surface area contributed by atoms with E-state index in [-0.39, 0.29) is 0 Å². The Kier molecular flexibility index (Phi) is 5.02. The molecular formula is C20H29N5. The smallest absolute Gasteiger partial charge is 0.227 e. The molecule has 3 heterocycles. The molecule has 0 spiro atoms. The van der Waals surface area contributed by atoms with Crippen molar-refractivity contribution in [2.45, 2.75) is 32.6 Å². The number of fused-ring (bicyclic) bond motifs is 1. The van der Waals surface area contributed by atoms with Crippen molar-refractivity contribution in [3.8, 4) is 0 Å². The average Bonchev–Trinajstić information content (AvgIpc) is 2.96. The largest absolute Gasteiger partial charge is 0.356 e. The Bertz CT molecular complexity index is 700. The number of para-hydroxylation sites is 1. The van der Waals surface area contributed by atoms with Gasteiger partial charge in [-0.2, -0.15) is 4.98 Å². The molecule has 4 rings (SSSR count). The molecule has 0 bridgehead atoms. The van der Waals surface area contributed by atoms with Crippen LogP contribution in [0.2, 0.25) is 0 Å². The number of aromatic nitrogens is 2. The van der Waals surface area contributed by atoms with Crippen molar-refractivity contribution in [2.24, 2.45) is 0 Å². The van der Waals surface area contributed by atoms with E-state index in [1.807, 2.05) is 0 Å². The Balaban J connectivity index is 1.68. The monoisotopic (exact) mass is 339 g/mol. The fourth-order valence-corrected chi connectivity index (χ4v) is 3.98. The first kappa shape index (κ1) is 16.6. The molecule has 0 radical (unpaired) electrons. The van der Waals surface area contributed by atoms with Crippen molar-refractivity contribution in [3.63, 3.8) is 0 Å². The molecule has 0 N–H and O–H groups in total. The highest BCUT2D eigenvalue weighted by molar-refractivity contribution is 5.90. The Morgan fingerprint density at radius 2 is 1.52 bits per heavy atom. The molecule has 2 aliphatic heterocycles. The topological polar surface area (TPSA) is 35.5 Å². The van der Waals surface area contributed by atoms with Gasteiger partial charge in [-0.15, -0.1) is 0 Å². The van der Waals surface area contributed by atoms with Crippen molar-refractivity contribution in [2.75, 3.05) is 55.6 Å². The third kappa shape index (κ3) is 3.56. The van der Waals surface area contributed by atoms with Crippen LogP contribution >= 0.6 is 0 Å². The zero-order valence-electron chi connectivity index (χ0n) is 15.3. The summed E-state index contributed by atoms with van der Waals surface area (Å²) in [4.78, 5) is 17.3. The van der Waals surface area contributed by atoms with E-state index in [2.05, 4.69) is 45.9 Å². The Hall–Kier alpha value is -1.88. The molecular weight excluding hydrogens is 310 g/mol. The van der Waals surface area contributed by atoms with Crippen LogP contribution in [-0.2, 0) is 0 Å². The summed E-state index contributed by atoms with van der Waals surface area (Å²) in [6.45, 7) is 9.84. The molecule has 2 fully saturated rings. The van der Waals surface area contributed by atoms with Gasteiger partial charge in [-0.25, -0.2) is 4.98 Å². The van der Waals surface area contributed by atoms with E-state index >= 15 is 0 Å². The van der Waals surface area contributed by atoms with Gasteiger partial charge in [0, 0.05) is 44.7 Å². The third-order valence-corrected chi connectivity index (χ3v) is 5.58. The van der Waals surface area contributed by atoms with Crippen molar-refractivity contribution in [1.82, 2.24) is 14.9 Å². The van der Waals surface area contributed by atoms with E-state index < -0.39 is 0 Å². The van der Waals surface area contributed by atoms with Crippen molar-refractivity contribution in [1.29, 1.82) is 0 Å². The van der Waals surface area contributed by atoms with Gasteiger partial charge in [-0.3, -0.25) is 0 Å². The van der Waals surface area contributed by atoms with E-state index in [9.17, 15) is 0 Å². The molecule has 0 unspecified atom stereocenters. The summed E-state index contributed by atoms with van der Waals surface area (Å²) in [5, 5.41) is 1.19. The number of anilines is 2. The Morgan fingerprint density at radius 3 is 2.24 bits per heavy atom. The summed E-state index contributed by atoms with van der Waals surface area (Å²) in [6.07, 6.45) is 5.21. The highest BCUT2D eigenvalue weighted by atomic mass is 15.3. The zero-order chi connectivity index (χ0) is 17.1. The van der Waals surface area contributed by atoms with E-state index in [0.717, 1.165) is 63.1 Å². The first-order valence-electron chi connectivity index (χ1n) is 9.84. The second-order valence-corrected chi connectivity index (χ2v) is 7.19. The molecule has 0 amide bonds. The number of piperazine rings is 1. The lowest BCUT2D eigenvalue weighted by Gasteiger charge is -2.34. The first-order chi connectivity index (χ1) is 12.3. The predicted molar refractivity (Wildman–Crippen MR) is 105 cm³/mol. The molecule has 0 saturated carbocycles. The molecule has 0 aliphatic carbocycles. The molecule has 1 aromatic carbocycles. The van der Waals surface area contributed by atoms with Gasteiger partial charge in [0.1, 0.15) is 5.82 Å². The molecule has 134 valence electrons. The fraction of sp³-hybridized carbons (Fsp3) is 0.600. The molecule has 25 heavy (non-hydrogen) atoms. The number of hydrogen-bond acceptors (Lipinski definition) is 5. The van der Waals surface area contributed by atoms with Crippen molar-refractivity contribution < 1.29 is 0 Å². The number of benzene rings is 1. The third-order valence-electron chi connectivity index (χ3n) is 5.58. The second kappa shape index (κ2) is 7.56. The second-order valence-electron chi connectivity index (χ2n) is 7.19. The molecule has 5 heteroatoms. The standard InChI is InChI=1S/C20H29N5/c1-2-23-13-15-25(16-14-23)20-21-18-10-6-5-9-17(18)19(22-20)24-11-7-3-4-8-12-24/h5-6,9-10H,2-4,7-8,11-16H2,1H3. The van der Waals surface area contributed by atoms with Crippen molar-refractivity contribution >= 4 is 22.7 Å². The molecule has 2 aliphatic rings. The first-order valence-corrected chi connectivity index (χ1v) is 9.84. The van der Waals surface area contributed by atoms with Gasteiger partial charge in [0.15, 0.2) is 0 Å². The maximum absolute atomic E-state index is 5.06. The minimum absolute atomic E-state index is 0.911. The lowest BCUT2D eigenvalue weighted by atomic mass is 10.2. The summed E-state index contributed by atoms with van der Waals surface area (Å²) in [5.74, 6) is 2.05. The van der Waals surface area contributed by atoms with Gasteiger partial charge in [0.25, 0.3) is 0 Å². The van der Waals surface area contributed by atoms with Gasteiger partial charge in [-0.05, 0) is 31.5 Å². The highest BCUT2D eigenvalue weighted by Gasteiger charge is 2.21. The number of likely N-dealkylation sites (N-methyl/N-ethyl adjacent to an activating group) is 1. The van der Waals surface area contributed by atoms with Crippen LogP contribution in [0.3, 0.4) is 0 Å². The summed E-state index contributed by atoms with van der Waals surface area (Å²) in [6, 6.07) is 8.49. The number of hydrogen-bond donors (Lipinski definition) is 0. The summed E-state index contributed by atoms with van der Waals surface area (Å²) >= 11 is 0. The molecule has 2 saturated heterocycles. The van der Waals surface area contributed by atoms with Crippen LogP contribution in [0.4, 0.5) is 11.8 Å². The summed E-state index contributed by atoms with van der Waals surface area (Å²) in [5.41, 5.74) is 1.07. The van der Waals surface area contributed by atoms with Crippen LogP contribution in [0.5, 0.6) is 0 Å². The lowest BCUT2D eigenvalue weighted by molar-refractivity contribution is 0.270. The van der Waals surface area contributed by atoms with Gasteiger partial charge >= 0.3 is 0 Å². The van der Waals surface area contributed by atoms with Crippen LogP contribution in [0.15, 0.2) is 24.3 Å². The van der Waals surface area contributed by atoms with Crippen LogP contribution in [0.1, 0.15) is 32.6 Å². The van der Waals surface area contributed by atoms with Crippen LogP contribution < -0.4 is 9.80 Å².